The van der Waals surface area contributed by atoms with Crippen molar-refractivity contribution in [1.29, 1.82) is 0 Å². The minimum absolute atomic E-state index is 0.694. The predicted molar refractivity (Wildman–Crippen MR) is 97.2 cm³/mol. The van der Waals surface area contributed by atoms with E-state index in [9.17, 15) is 0 Å². The summed E-state index contributed by atoms with van der Waals surface area (Å²) in [7, 11) is 3.43. The Hall–Kier alpha value is -1.42. The summed E-state index contributed by atoms with van der Waals surface area (Å²) < 4.78 is 10.8. The molecular weight excluding hydrogens is 300 g/mol. The van der Waals surface area contributed by atoms with E-state index in [1.54, 1.807) is 14.2 Å². The third-order valence-electron chi connectivity index (χ3n) is 5.88. The van der Waals surface area contributed by atoms with Crippen molar-refractivity contribution in [2.24, 2.45) is 11.8 Å². The molecule has 1 aliphatic heterocycles. The fraction of sp³-hybridized carbons (Fsp3) is 0.700. The first-order valence-corrected chi connectivity index (χ1v) is 9.51. The van der Waals surface area contributed by atoms with Crippen molar-refractivity contribution in [3.05, 3.63) is 18.2 Å². The predicted octanol–water partition coefficient (Wildman–Crippen LogP) is 3.45. The van der Waals surface area contributed by atoms with Crippen molar-refractivity contribution in [2.45, 2.75) is 50.6 Å². The number of hydrogen-bond acceptors (Lipinski definition) is 4. The topological polar surface area (TPSA) is 33.7 Å². The number of piperidine rings is 1. The van der Waals surface area contributed by atoms with Gasteiger partial charge in [0.25, 0.3) is 0 Å². The maximum Gasteiger partial charge on any atom is 0.124 e. The van der Waals surface area contributed by atoms with Crippen molar-refractivity contribution in [1.82, 2.24) is 5.32 Å². The smallest absolute Gasteiger partial charge is 0.124 e. The van der Waals surface area contributed by atoms with Gasteiger partial charge in [0.05, 0.1) is 14.2 Å². The fourth-order valence-electron chi connectivity index (χ4n) is 4.12. The zero-order valence-electron chi connectivity index (χ0n) is 15.0. The van der Waals surface area contributed by atoms with Crippen molar-refractivity contribution in [3.63, 3.8) is 0 Å². The lowest BCUT2D eigenvalue weighted by molar-refractivity contribution is 0.322. The molecule has 1 aromatic rings. The minimum Gasteiger partial charge on any atom is -0.497 e. The summed E-state index contributed by atoms with van der Waals surface area (Å²) in [5.41, 5.74) is 1.21. The van der Waals surface area contributed by atoms with Gasteiger partial charge in [-0.2, -0.15) is 0 Å². The molecule has 1 aromatic carbocycles. The Morgan fingerprint density at radius 3 is 1.88 bits per heavy atom. The van der Waals surface area contributed by atoms with Gasteiger partial charge in [0.1, 0.15) is 11.5 Å². The zero-order valence-corrected chi connectivity index (χ0v) is 15.0. The molecule has 2 aliphatic carbocycles. The molecule has 24 heavy (non-hydrogen) atoms. The highest BCUT2D eigenvalue weighted by atomic mass is 16.5. The van der Waals surface area contributed by atoms with Crippen LogP contribution >= 0.6 is 0 Å². The van der Waals surface area contributed by atoms with Crippen LogP contribution in [0.5, 0.6) is 11.5 Å². The van der Waals surface area contributed by atoms with Gasteiger partial charge in [0, 0.05) is 49.1 Å². The molecule has 4 heteroatoms. The van der Waals surface area contributed by atoms with Gasteiger partial charge < -0.3 is 19.7 Å². The monoisotopic (exact) mass is 330 g/mol. The second kappa shape index (κ2) is 6.83. The normalized spacial score (nSPS) is 22.0. The molecule has 4 nitrogen and oxygen atoms in total. The van der Waals surface area contributed by atoms with Crippen LogP contribution in [0.15, 0.2) is 18.2 Å². The van der Waals surface area contributed by atoms with Crippen LogP contribution in [0.3, 0.4) is 0 Å². The third-order valence-corrected chi connectivity index (χ3v) is 5.88. The van der Waals surface area contributed by atoms with E-state index in [1.165, 1.54) is 44.2 Å². The molecule has 0 bridgehead atoms. The summed E-state index contributed by atoms with van der Waals surface area (Å²) in [6.45, 7) is 2.21. The van der Waals surface area contributed by atoms with E-state index < -0.39 is 0 Å². The molecule has 0 amide bonds. The number of anilines is 1. The van der Waals surface area contributed by atoms with E-state index in [2.05, 4.69) is 22.3 Å². The lowest BCUT2D eigenvalue weighted by Crippen LogP contribution is -2.47. The SMILES string of the molecule is COc1cc(OC)cc(N2CCC(NC(C3CC3)C3CC3)CC2)c1. The molecule has 0 unspecified atom stereocenters. The lowest BCUT2D eigenvalue weighted by atomic mass is 10.00. The molecule has 0 atom stereocenters. The van der Waals surface area contributed by atoms with E-state index in [0.29, 0.717) is 6.04 Å². The third kappa shape index (κ3) is 3.64. The maximum absolute atomic E-state index is 5.41. The number of hydrogen-bond donors (Lipinski definition) is 1. The van der Waals surface area contributed by atoms with Gasteiger partial charge in [0.15, 0.2) is 0 Å². The Labute approximate surface area is 145 Å². The average molecular weight is 330 g/mol. The van der Waals surface area contributed by atoms with Crippen molar-refractivity contribution >= 4 is 5.69 Å². The summed E-state index contributed by atoms with van der Waals surface area (Å²) in [4.78, 5) is 2.46. The Bertz CT molecular complexity index is 527. The van der Waals surface area contributed by atoms with Crippen LogP contribution in [0.1, 0.15) is 38.5 Å². The number of benzene rings is 1. The summed E-state index contributed by atoms with van der Waals surface area (Å²) in [6, 6.07) is 7.69. The van der Waals surface area contributed by atoms with Crippen molar-refractivity contribution in [3.8, 4) is 11.5 Å². The van der Waals surface area contributed by atoms with E-state index >= 15 is 0 Å². The Kier molecular flexibility index (Phi) is 4.57. The summed E-state index contributed by atoms with van der Waals surface area (Å²) >= 11 is 0. The van der Waals surface area contributed by atoms with Crippen LogP contribution in [-0.2, 0) is 0 Å². The van der Waals surface area contributed by atoms with E-state index in [1.807, 2.05) is 6.07 Å². The van der Waals surface area contributed by atoms with Crippen molar-refractivity contribution < 1.29 is 9.47 Å². The first kappa shape index (κ1) is 16.1. The second-order valence-corrected chi connectivity index (χ2v) is 7.70. The lowest BCUT2D eigenvalue weighted by Gasteiger charge is -2.36. The van der Waals surface area contributed by atoms with Crippen LogP contribution in [0, 0.1) is 11.8 Å². The molecule has 1 saturated heterocycles. The standard InChI is InChI=1S/C20H30N2O2/c1-23-18-11-17(12-19(13-18)24-2)22-9-7-16(8-10-22)21-20(14-3-4-14)15-5-6-15/h11-16,20-21H,3-10H2,1-2H3. The maximum atomic E-state index is 5.41. The quantitative estimate of drug-likeness (QED) is 0.830. The summed E-state index contributed by atoms with van der Waals surface area (Å²) in [5, 5.41) is 4.02. The van der Waals surface area contributed by atoms with E-state index in [4.69, 9.17) is 9.47 Å². The highest BCUT2D eigenvalue weighted by Crippen LogP contribution is 2.45. The van der Waals surface area contributed by atoms with Crippen molar-refractivity contribution in [2.75, 3.05) is 32.2 Å². The average Bonchev–Trinajstić information content (AvgIpc) is 3.52. The highest BCUT2D eigenvalue weighted by Gasteiger charge is 2.42. The fourth-order valence-corrected chi connectivity index (χ4v) is 4.12. The van der Waals surface area contributed by atoms with Gasteiger partial charge in [-0.05, 0) is 50.4 Å². The number of nitrogens with zero attached hydrogens (tertiary/aromatic N) is 1. The van der Waals surface area contributed by atoms with E-state index in [-0.39, 0.29) is 0 Å². The van der Waals surface area contributed by atoms with Gasteiger partial charge in [-0.3, -0.25) is 0 Å². The Morgan fingerprint density at radius 1 is 0.875 bits per heavy atom. The minimum atomic E-state index is 0.694. The van der Waals surface area contributed by atoms with Crippen LogP contribution in [0.25, 0.3) is 0 Å². The molecule has 1 heterocycles. The molecule has 0 spiro atoms. The van der Waals surface area contributed by atoms with E-state index in [0.717, 1.165) is 42.5 Å². The first-order valence-electron chi connectivity index (χ1n) is 9.51. The summed E-state index contributed by atoms with van der Waals surface area (Å²) in [5.74, 6) is 3.70. The number of methoxy groups -OCH3 is 2. The molecule has 132 valence electrons. The molecule has 0 aromatic heterocycles. The zero-order chi connectivity index (χ0) is 16.5. The Morgan fingerprint density at radius 2 is 1.42 bits per heavy atom. The molecule has 3 aliphatic rings. The van der Waals surface area contributed by atoms with Gasteiger partial charge in [-0.25, -0.2) is 0 Å². The van der Waals surface area contributed by atoms with Crippen LogP contribution in [0.4, 0.5) is 5.69 Å². The van der Waals surface area contributed by atoms with Gasteiger partial charge in [-0.1, -0.05) is 0 Å². The molecule has 0 radical (unpaired) electrons. The van der Waals surface area contributed by atoms with Crippen LogP contribution in [-0.4, -0.2) is 39.4 Å². The van der Waals surface area contributed by atoms with Crippen LogP contribution < -0.4 is 19.7 Å². The number of rotatable bonds is 7. The van der Waals surface area contributed by atoms with Gasteiger partial charge >= 0.3 is 0 Å². The summed E-state index contributed by atoms with van der Waals surface area (Å²) in [6.07, 6.45) is 8.28. The number of nitrogens with one attached hydrogen (secondary N) is 1. The molecule has 3 fully saturated rings. The molecule has 2 saturated carbocycles. The highest BCUT2D eigenvalue weighted by molar-refractivity contribution is 5.56. The molecule has 4 rings (SSSR count). The Balaban J connectivity index is 1.35. The molecule has 1 N–H and O–H groups in total. The van der Waals surface area contributed by atoms with Gasteiger partial charge in [-0.15, -0.1) is 0 Å². The van der Waals surface area contributed by atoms with Crippen LogP contribution in [0.2, 0.25) is 0 Å². The first-order chi connectivity index (χ1) is 11.8. The second-order valence-electron chi connectivity index (χ2n) is 7.70. The number of ether oxygens (including phenoxy) is 2. The van der Waals surface area contributed by atoms with Gasteiger partial charge in [0.2, 0.25) is 0 Å². The largest absolute Gasteiger partial charge is 0.497 e. The molecular formula is C20H30N2O2.